The maximum absolute atomic E-state index is 12.1. The number of methoxy groups -OCH3 is 2. The number of benzene rings is 2. The van der Waals surface area contributed by atoms with Crippen molar-refractivity contribution in [1.29, 1.82) is 0 Å². The van der Waals surface area contributed by atoms with Gasteiger partial charge in [-0.15, -0.1) is 10.2 Å². The standard InChI is InChI=1S/C20H21N3O3S/c1-25-16-10-8-15(12-17(16)26-2)13-19-22-23-20(27-19)21-18(24)11-9-14-6-4-3-5-7-14/h3-8,10,12H,9,11,13H2,1-2H3,(H,21,23,24). The van der Waals surface area contributed by atoms with E-state index in [0.29, 0.717) is 35.9 Å². The number of anilines is 1. The van der Waals surface area contributed by atoms with Crippen LogP contribution in [0.3, 0.4) is 0 Å². The van der Waals surface area contributed by atoms with Gasteiger partial charge in [0.25, 0.3) is 0 Å². The summed E-state index contributed by atoms with van der Waals surface area (Å²) in [7, 11) is 3.21. The molecule has 0 radical (unpaired) electrons. The van der Waals surface area contributed by atoms with E-state index in [1.54, 1.807) is 14.2 Å². The molecule has 0 aliphatic carbocycles. The van der Waals surface area contributed by atoms with Crippen LogP contribution < -0.4 is 14.8 Å². The number of nitrogens with one attached hydrogen (secondary N) is 1. The zero-order valence-electron chi connectivity index (χ0n) is 15.3. The van der Waals surface area contributed by atoms with Crippen LogP contribution in [-0.4, -0.2) is 30.3 Å². The van der Waals surface area contributed by atoms with Crippen LogP contribution in [0.25, 0.3) is 0 Å². The highest BCUT2D eigenvalue weighted by Gasteiger charge is 2.11. The molecule has 0 saturated heterocycles. The lowest BCUT2D eigenvalue weighted by Gasteiger charge is -2.08. The molecule has 7 heteroatoms. The van der Waals surface area contributed by atoms with Crippen molar-refractivity contribution in [1.82, 2.24) is 10.2 Å². The van der Waals surface area contributed by atoms with Crippen molar-refractivity contribution in [3.05, 3.63) is 64.7 Å². The zero-order valence-corrected chi connectivity index (χ0v) is 16.1. The molecular weight excluding hydrogens is 362 g/mol. The number of ether oxygens (including phenoxy) is 2. The zero-order chi connectivity index (χ0) is 19.1. The number of rotatable bonds is 8. The molecule has 0 aliphatic heterocycles. The molecule has 0 unspecified atom stereocenters. The molecule has 3 rings (SSSR count). The first-order valence-electron chi connectivity index (χ1n) is 8.55. The average Bonchev–Trinajstić information content (AvgIpc) is 3.13. The van der Waals surface area contributed by atoms with Gasteiger partial charge in [0.1, 0.15) is 5.01 Å². The van der Waals surface area contributed by atoms with Crippen LogP contribution in [0.15, 0.2) is 48.5 Å². The normalized spacial score (nSPS) is 10.4. The largest absolute Gasteiger partial charge is 0.493 e. The molecule has 1 aromatic heterocycles. The molecule has 0 aliphatic rings. The van der Waals surface area contributed by atoms with Crippen molar-refractivity contribution < 1.29 is 14.3 Å². The molecule has 2 aromatic carbocycles. The van der Waals surface area contributed by atoms with Gasteiger partial charge in [-0.3, -0.25) is 4.79 Å². The second-order valence-corrected chi connectivity index (χ2v) is 6.96. The smallest absolute Gasteiger partial charge is 0.226 e. The number of aromatic nitrogens is 2. The van der Waals surface area contributed by atoms with E-state index in [9.17, 15) is 4.79 Å². The Morgan fingerprint density at radius 3 is 2.52 bits per heavy atom. The Balaban J connectivity index is 1.56. The molecule has 27 heavy (non-hydrogen) atoms. The Bertz CT molecular complexity index is 896. The molecule has 0 spiro atoms. The van der Waals surface area contributed by atoms with Crippen molar-refractivity contribution in [3.8, 4) is 11.5 Å². The summed E-state index contributed by atoms with van der Waals surface area (Å²) in [6.45, 7) is 0. The molecule has 6 nitrogen and oxygen atoms in total. The summed E-state index contributed by atoms with van der Waals surface area (Å²) < 4.78 is 10.6. The number of carbonyl (C=O) groups is 1. The maximum Gasteiger partial charge on any atom is 0.226 e. The van der Waals surface area contributed by atoms with Crippen LogP contribution in [0.4, 0.5) is 5.13 Å². The quantitative estimate of drug-likeness (QED) is 0.642. The molecule has 3 aromatic rings. The third kappa shape index (κ3) is 5.27. The first kappa shape index (κ1) is 18.8. The molecular formula is C20H21N3O3S. The number of hydrogen-bond donors (Lipinski definition) is 1. The lowest BCUT2D eigenvalue weighted by Crippen LogP contribution is -2.12. The van der Waals surface area contributed by atoms with E-state index in [1.165, 1.54) is 11.3 Å². The molecule has 1 amide bonds. The van der Waals surface area contributed by atoms with Crippen LogP contribution in [-0.2, 0) is 17.6 Å². The van der Waals surface area contributed by atoms with Gasteiger partial charge in [0.05, 0.1) is 14.2 Å². The molecule has 0 fully saturated rings. The molecule has 1 heterocycles. The molecule has 0 saturated carbocycles. The van der Waals surface area contributed by atoms with Crippen LogP contribution in [0, 0.1) is 0 Å². The highest BCUT2D eigenvalue weighted by molar-refractivity contribution is 7.15. The minimum Gasteiger partial charge on any atom is -0.493 e. The Morgan fingerprint density at radius 1 is 1.00 bits per heavy atom. The number of nitrogens with zero attached hydrogens (tertiary/aromatic N) is 2. The summed E-state index contributed by atoms with van der Waals surface area (Å²) in [6, 6.07) is 15.7. The van der Waals surface area contributed by atoms with E-state index in [1.807, 2.05) is 48.5 Å². The van der Waals surface area contributed by atoms with Gasteiger partial charge in [-0.2, -0.15) is 0 Å². The van der Waals surface area contributed by atoms with Crippen molar-refractivity contribution in [2.75, 3.05) is 19.5 Å². The summed E-state index contributed by atoms with van der Waals surface area (Å²) in [5.74, 6) is 1.30. The fraction of sp³-hybridized carbons (Fsp3) is 0.250. The number of hydrogen-bond acceptors (Lipinski definition) is 6. The molecule has 0 atom stereocenters. The highest BCUT2D eigenvalue weighted by atomic mass is 32.1. The molecule has 0 bridgehead atoms. The fourth-order valence-electron chi connectivity index (χ4n) is 2.63. The SMILES string of the molecule is COc1ccc(Cc2nnc(NC(=O)CCc3ccccc3)s2)cc1OC. The van der Waals surface area contributed by atoms with Gasteiger partial charge in [-0.25, -0.2) is 0 Å². The van der Waals surface area contributed by atoms with E-state index < -0.39 is 0 Å². The van der Waals surface area contributed by atoms with Gasteiger partial charge >= 0.3 is 0 Å². The predicted molar refractivity (Wildman–Crippen MR) is 106 cm³/mol. The van der Waals surface area contributed by atoms with Gasteiger partial charge in [0, 0.05) is 12.8 Å². The lowest BCUT2D eigenvalue weighted by molar-refractivity contribution is -0.116. The van der Waals surface area contributed by atoms with Gasteiger partial charge in [-0.1, -0.05) is 47.7 Å². The van der Waals surface area contributed by atoms with Crippen LogP contribution in [0.1, 0.15) is 22.6 Å². The Kier molecular flexibility index (Phi) is 6.38. The second-order valence-electron chi connectivity index (χ2n) is 5.90. The van der Waals surface area contributed by atoms with Crippen molar-refractivity contribution >= 4 is 22.4 Å². The Morgan fingerprint density at radius 2 is 1.78 bits per heavy atom. The first-order valence-corrected chi connectivity index (χ1v) is 9.36. The van der Waals surface area contributed by atoms with Crippen LogP contribution >= 0.6 is 11.3 Å². The fourth-order valence-corrected chi connectivity index (χ4v) is 3.42. The van der Waals surface area contributed by atoms with E-state index in [-0.39, 0.29) is 5.91 Å². The predicted octanol–water partition coefficient (Wildman–Crippen LogP) is 3.72. The summed E-state index contributed by atoms with van der Waals surface area (Å²) in [5.41, 5.74) is 2.17. The summed E-state index contributed by atoms with van der Waals surface area (Å²) in [5, 5.41) is 12.4. The minimum atomic E-state index is -0.0623. The summed E-state index contributed by atoms with van der Waals surface area (Å²) in [4.78, 5) is 12.1. The third-order valence-electron chi connectivity index (χ3n) is 4.00. The average molecular weight is 383 g/mol. The topological polar surface area (TPSA) is 73.3 Å². The third-order valence-corrected chi connectivity index (χ3v) is 4.84. The van der Waals surface area contributed by atoms with E-state index in [4.69, 9.17) is 9.47 Å². The minimum absolute atomic E-state index is 0.0623. The van der Waals surface area contributed by atoms with Gasteiger partial charge in [-0.05, 0) is 29.7 Å². The summed E-state index contributed by atoms with van der Waals surface area (Å²) in [6.07, 6.45) is 1.72. The van der Waals surface area contributed by atoms with E-state index >= 15 is 0 Å². The van der Waals surface area contributed by atoms with E-state index in [2.05, 4.69) is 15.5 Å². The number of carbonyl (C=O) groups excluding carboxylic acids is 1. The van der Waals surface area contributed by atoms with Crippen LogP contribution in [0.5, 0.6) is 11.5 Å². The number of amides is 1. The van der Waals surface area contributed by atoms with Gasteiger partial charge in [0.2, 0.25) is 11.0 Å². The van der Waals surface area contributed by atoms with Gasteiger partial charge < -0.3 is 14.8 Å². The lowest BCUT2D eigenvalue weighted by atomic mass is 10.1. The second kappa shape index (κ2) is 9.14. The van der Waals surface area contributed by atoms with Crippen molar-refractivity contribution in [2.45, 2.75) is 19.3 Å². The van der Waals surface area contributed by atoms with Gasteiger partial charge in [0.15, 0.2) is 11.5 Å². The van der Waals surface area contributed by atoms with E-state index in [0.717, 1.165) is 16.1 Å². The first-order chi connectivity index (χ1) is 13.2. The highest BCUT2D eigenvalue weighted by Crippen LogP contribution is 2.29. The van der Waals surface area contributed by atoms with Crippen molar-refractivity contribution in [3.63, 3.8) is 0 Å². The summed E-state index contributed by atoms with van der Waals surface area (Å²) >= 11 is 1.37. The monoisotopic (exact) mass is 383 g/mol. The van der Waals surface area contributed by atoms with Crippen LogP contribution in [0.2, 0.25) is 0 Å². The molecule has 140 valence electrons. The number of aryl methyl sites for hydroxylation is 1. The Labute approximate surface area is 162 Å². The molecule has 1 N–H and O–H groups in total. The Hall–Kier alpha value is -2.93. The maximum atomic E-state index is 12.1. The van der Waals surface area contributed by atoms with Crippen molar-refractivity contribution in [2.24, 2.45) is 0 Å².